The van der Waals surface area contributed by atoms with Crippen molar-refractivity contribution in [2.75, 3.05) is 13.1 Å². The van der Waals surface area contributed by atoms with Crippen molar-refractivity contribution in [2.45, 2.75) is 19.4 Å². The van der Waals surface area contributed by atoms with Crippen molar-refractivity contribution in [1.29, 1.82) is 0 Å². The number of nitrogens with zero attached hydrogens (tertiary/aromatic N) is 3. The van der Waals surface area contributed by atoms with Gasteiger partial charge in [0.15, 0.2) is 0 Å². The van der Waals surface area contributed by atoms with Gasteiger partial charge in [0.25, 0.3) is 0 Å². The van der Waals surface area contributed by atoms with Crippen LogP contribution in [0.2, 0.25) is 0 Å². The summed E-state index contributed by atoms with van der Waals surface area (Å²) in [6.07, 6.45) is 4.53. The Hall–Kier alpha value is -1.68. The second-order valence-corrected chi connectivity index (χ2v) is 4.89. The molecular formula is C14H18N4. The van der Waals surface area contributed by atoms with Gasteiger partial charge in [-0.3, -0.25) is 4.68 Å². The van der Waals surface area contributed by atoms with Crippen LogP contribution in [0.4, 0.5) is 0 Å². The standard InChI is InChI=1S/C14H18N4/c1-2-4-13(5-3-1)14-11-18(17-16-14)10-12-6-8-15-9-7-12/h1-5,11-12,15H,6-10H2. The minimum atomic E-state index is 0.733. The van der Waals surface area contributed by atoms with Crippen molar-refractivity contribution in [1.82, 2.24) is 20.3 Å². The molecule has 0 radical (unpaired) electrons. The first-order valence-corrected chi connectivity index (χ1v) is 6.58. The summed E-state index contributed by atoms with van der Waals surface area (Å²) in [4.78, 5) is 0. The fraction of sp³-hybridized carbons (Fsp3) is 0.429. The molecule has 94 valence electrons. The monoisotopic (exact) mass is 242 g/mol. The van der Waals surface area contributed by atoms with Gasteiger partial charge in [-0.25, -0.2) is 0 Å². The minimum Gasteiger partial charge on any atom is -0.317 e. The summed E-state index contributed by atoms with van der Waals surface area (Å²) >= 11 is 0. The van der Waals surface area contributed by atoms with E-state index in [9.17, 15) is 0 Å². The van der Waals surface area contributed by atoms with E-state index in [0.717, 1.165) is 36.8 Å². The number of hydrogen-bond acceptors (Lipinski definition) is 3. The first-order valence-electron chi connectivity index (χ1n) is 6.58. The Labute approximate surface area is 107 Å². The maximum atomic E-state index is 4.25. The molecule has 2 heterocycles. The fourth-order valence-corrected chi connectivity index (χ4v) is 2.46. The Morgan fingerprint density at radius 3 is 2.72 bits per heavy atom. The molecule has 0 atom stereocenters. The van der Waals surface area contributed by atoms with Gasteiger partial charge in [-0.2, -0.15) is 0 Å². The maximum Gasteiger partial charge on any atom is 0.113 e. The molecule has 0 saturated carbocycles. The Kier molecular flexibility index (Phi) is 3.37. The highest BCUT2D eigenvalue weighted by atomic mass is 15.4. The molecule has 0 spiro atoms. The molecule has 1 aliphatic heterocycles. The van der Waals surface area contributed by atoms with Crippen molar-refractivity contribution in [3.05, 3.63) is 36.5 Å². The van der Waals surface area contributed by atoms with E-state index in [1.807, 2.05) is 22.9 Å². The normalized spacial score (nSPS) is 16.9. The van der Waals surface area contributed by atoms with Crippen LogP contribution in [0, 0.1) is 5.92 Å². The van der Waals surface area contributed by atoms with Gasteiger partial charge in [0.1, 0.15) is 5.69 Å². The lowest BCUT2D eigenvalue weighted by Crippen LogP contribution is -2.30. The predicted octanol–water partition coefficient (Wildman–Crippen LogP) is 1.94. The summed E-state index contributed by atoms with van der Waals surface area (Å²) < 4.78 is 1.98. The SMILES string of the molecule is c1ccc(-c2cn(CC3CCNCC3)nn2)cc1. The van der Waals surface area contributed by atoms with Crippen LogP contribution in [0.15, 0.2) is 36.5 Å². The molecule has 1 aromatic heterocycles. The molecule has 3 rings (SSSR count). The zero-order valence-corrected chi connectivity index (χ0v) is 10.4. The van der Waals surface area contributed by atoms with Crippen LogP contribution >= 0.6 is 0 Å². The average Bonchev–Trinajstić information content (AvgIpc) is 2.89. The topological polar surface area (TPSA) is 42.7 Å². The van der Waals surface area contributed by atoms with Crippen molar-refractivity contribution < 1.29 is 0 Å². The molecule has 2 aromatic rings. The molecule has 0 amide bonds. The molecule has 18 heavy (non-hydrogen) atoms. The van der Waals surface area contributed by atoms with Crippen molar-refractivity contribution >= 4 is 0 Å². The first kappa shape index (κ1) is 11.4. The van der Waals surface area contributed by atoms with E-state index in [2.05, 4.69) is 34.0 Å². The molecular weight excluding hydrogens is 224 g/mol. The summed E-state index contributed by atoms with van der Waals surface area (Å²) in [6, 6.07) is 10.2. The number of aromatic nitrogens is 3. The summed E-state index contributed by atoms with van der Waals surface area (Å²) in [6.45, 7) is 3.25. The first-order chi connectivity index (χ1) is 8.92. The molecule has 1 fully saturated rings. The van der Waals surface area contributed by atoms with Gasteiger partial charge in [-0.05, 0) is 31.8 Å². The molecule has 1 saturated heterocycles. The Balaban J connectivity index is 1.69. The third-order valence-electron chi connectivity index (χ3n) is 3.51. The quantitative estimate of drug-likeness (QED) is 0.894. The Bertz CT molecular complexity index is 486. The zero-order valence-electron chi connectivity index (χ0n) is 10.4. The van der Waals surface area contributed by atoms with Crippen LogP contribution < -0.4 is 5.32 Å². The number of piperidine rings is 1. The van der Waals surface area contributed by atoms with E-state index in [0.29, 0.717) is 0 Å². The van der Waals surface area contributed by atoms with Crippen LogP contribution in [0.25, 0.3) is 11.3 Å². The number of benzene rings is 1. The van der Waals surface area contributed by atoms with Gasteiger partial charge in [0.2, 0.25) is 0 Å². The fourth-order valence-electron chi connectivity index (χ4n) is 2.46. The smallest absolute Gasteiger partial charge is 0.113 e. The van der Waals surface area contributed by atoms with Gasteiger partial charge in [0.05, 0.1) is 6.20 Å². The second-order valence-electron chi connectivity index (χ2n) is 4.89. The highest BCUT2D eigenvalue weighted by Gasteiger charge is 2.14. The lowest BCUT2D eigenvalue weighted by Gasteiger charge is -2.21. The predicted molar refractivity (Wildman–Crippen MR) is 71.1 cm³/mol. The van der Waals surface area contributed by atoms with E-state index in [-0.39, 0.29) is 0 Å². The minimum absolute atomic E-state index is 0.733. The summed E-state index contributed by atoms with van der Waals surface area (Å²) in [5.74, 6) is 0.733. The Morgan fingerprint density at radius 2 is 1.94 bits per heavy atom. The largest absolute Gasteiger partial charge is 0.317 e. The molecule has 1 N–H and O–H groups in total. The highest BCUT2D eigenvalue weighted by molar-refractivity contribution is 5.57. The number of hydrogen-bond donors (Lipinski definition) is 1. The van der Waals surface area contributed by atoms with Crippen LogP contribution in [0.3, 0.4) is 0 Å². The zero-order chi connectivity index (χ0) is 12.2. The summed E-state index contributed by atoms with van der Waals surface area (Å²) in [7, 11) is 0. The second kappa shape index (κ2) is 5.31. The van der Waals surface area contributed by atoms with Crippen LogP contribution in [-0.4, -0.2) is 28.1 Å². The van der Waals surface area contributed by atoms with Gasteiger partial charge < -0.3 is 5.32 Å². The molecule has 4 nitrogen and oxygen atoms in total. The summed E-state index contributed by atoms with van der Waals surface area (Å²) in [5.41, 5.74) is 2.10. The third-order valence-corrected chi connectivity index (χ3v) is 3.51. The lowest BCUT2D eigenvalue weighted by atomic mass is 9.98. The van der Waals surface area contributed by atoms with Gasteiger partial charge in [0, 0.05) is 12.1 Å². The Morgan fingerprint density at radius 1 is 1.17 bits per heavy atom. The maximum absolute atomic E-state index is 4.25. The lowest BCUT2D eigenvalue weighted by molar-refractivity contribution is 0.318. The molecule has 1 aromatic carbocycles. The van der Waals surface area contributed by atoms with Crippen LogP contribution in [0.1, 0.15) is 12.8 Å². The van der Waals surface area contributed by atoms with E-state index in [1.54, 1.807) is 0 Å². The van der Waals surface area contributed by atoms with Gasteiger partial charge >= 0.3 is 0 Å². The number of nitrogens with one attached hydrogen (secondary N) is 1. The van der Waals surface area contributed by atoms with Crippen LogP contribution in [-0.2, 0) is 6.54 Å². The van der Waals surface area contributed by atoms with Crippen molar-refractivity contribution in [2.24, 2.45) is 5.92 Å². The molecule has 4 heteroatoms. The molecule has 1 aliphatic rings. The van der Waals surface area contributed by atoms with Crippen molar-refractivity contribution in [3.63, 3.8) is 0 Å². The molecule has 0 bridgehead atoms. The number of rotatable bonds is 3. The highest BCUT2D eigenvalue weighted by Crippen LogP contribution is 2.17. The average molecular weight is 242 g/mol. The van der Waals surface area contributed by atoms with Gasteiger partial charge in [-0.15, -0.1) is 5.10 Å². The van der Waals surface area contributed by atoms with E-state index >= 15 is 0 Å². The third kappa shape index (κ3) is 2.59. The van der Waals surface area contributed by atoms with E-state index in [4.69, 9.17) is 0 Å². The van der Waals surface area contributed by atoms with E-state index in [1.165, 1.54) is 12.8 Å². The van der Waals surface area contributed by atoms with Crippen molar-refractivity contribution in [3.8, 4) is 11.3 Å². The summed E-state index contributed by atoms with van der Waals surface area (Å²) in [5, 5.41) is 11.9. The van der Waals surface area contributed by atoms with Crippen LogP contribution in [0.5, 0.6) is 0 Å². The van der Waals surface area contributed by atoms with E-state index < -0.39 is 0 Å². The molecule has 0 unspecified atom stereocenters. The van der Waals surface area contributed by atoms with Gasteiger partial charge in [-0.1, -0.05) is 35.5 Å². The molecule has 0 aliphatic carbocycles.